The summed E-state index contributed by atoms with van der Waals surface area (Å²) in [7, 11) is 0. The summed E-state index contributed by atoms with van der Waals surface area (Å²) in [5.41, 5.74) is 1.16. The van der Waals surface area contributed by atoms with Crippen LogP contribution in [0.15, 0.2) is 30.3 Å². The summed E-state index contributed by atoms with van der Waals surface area (Å²) in [6, 6.07) is 12.1. The number of aliphatic hydroxyl groups excluding tert-OH is 1. The lowest BCUT2D eigenvalue weighted by Crippen LogP contribution is -2.30. The molecule has 0 aliphatic rings. The zero-order valence-electron chi connectivity index (χ0n) is 8.93. The van der Waals surface area contributed by atoms with E-state index < -0.39 is 6.10 Å². The molecule has 0 amide bonds. The molecule has 0 saturated carbocycles. The number of aliphatic hydroxyl groups is 1. The first-order valence-electron chi connectivity index (χ1n) is 5.03. The molecule has 1 aromatic carbocycles. The maximum absolute atomic E-state index is 9.28. The van der Waals surface area contributed by atoms with Crippen LogP contribution in [0.5, 0.6) is 0 Å². The average molecular weight is 204 g/mol. The lowest BCUT2D eigenvalue weighted by Gasteiger charge is -2.20. The first-order valence-corrected chi connectivity index (χ1v) is 5.03. The molecule has 0 aromatic heterocycles. The molecule has 1 N–H and O–H groups in total. The van der Waals surface area contributed by atoms with Crippen LogP contribution in [-0.2, 0) is 6.54 Å². The Kier molecular flexibility index (Phi) is 4.82. The molecule has 80 valence electrons. The third-order valence-corrected chi connectivity index (χ3v) is 2.07. The highest BCUT2D eigenvalue weighted by Crippen LogP contribution is 2.04. The molecule has 0 aliphatic carbocycles. The van der Waals surface area contributed by atoms with Gasteiger partial charge in [0, 0.05) is 13.1 Å². The Balaban J connectivity index is 2.55. The van der Waals surface area contributed by atoms with Crippen LogP contribution in [-0.4, -0.2) is 29.2 Å². The van der Waals surface area contributed by atoms with Gasteiger partial charge in [0.25, 0.3) is 0 Å². The zero-order valence-corrected chi connectivity index (χ0v) is 8.93. The Hall–Kier alpha value is -1.37. The molecular weight excluding hydrogens is 188 g/mol. The van der Waals surface area contributed by atoms with E-state index in [1.807, 2.05) is 35.2 Å². The molecule has 0 radical (unpaired) electrons. The van der Waals surface area contributed by atoms with E-state index in [1.165, 1.54) is 0 Å². The molecule has 0 bridgehead atoms. The van der Waals surface area contributed by atoms with Crippen molar-refractivity contribution in [1.29, 1.82) is 5.26 Å². The summed E-state index contributed by atoms with van der Waals surface area (Å²) in [6.07, 6.45) is -0.401. The Morgan fingerprint density at radius 3 is 2.60 bits per heavy atom. The second-order valence-corrected chi connectivity index (χ2v) is 3.66. The number of rotatable bonds is 5. The first-order chi connectivity index (χ1) is 7.22. The summed E-state index contributed by atoms with van der Waals surface area (Å²) in [6.45, 7) is 3.32. The highest BCUT2D eigenvalue weighted by atomic mass is 16.3. The summed E-state index contributed by atoms with van der Waals surface area (Å²) in [4.78, 5) is 1.93. The minimum absolute atomic E-state index is 0.347. The van der Waals surface area contributed by atoms with E-state index in [-0.39, 0.29) is 0 Å². The van der Waals surface area contributed by atoms with Crippen LogP contribution in [0.1, 0.15) is 12.5 Å². The van der Waals surface area contributed by atoms with Gasteiger partial charge in [0.05, 0.1) is 18.7 Å². The maximum atomic E-state index is 9.28. The first kappa shape index (κ1) is 11.7. The van der Waals surface area contributed by atoms with E-state index in [0.717, 1.165) is 5.56 Å². The molecule has 15 heavy (non-hydrogen) atoms. The molecule has 1 atom stereocenters. The van der Waals surface area contributed by atoms with Crippen molar-refractivity contribution in [2.24, 2.45) is 0 Å². The zero-order chi connectivity index (χ0) is 11.1. The lowest BCUT2D eigenvalue weighted by atomic mass is 10.2. The monoisotopic (exact) mass is 204 g/mol. The van der Waals surface area contributed by atoms with E-state index in [9.17, 15) is 5.11 Å². The molecule has 1 rings (SSSR count). The molecule has 0 heterocycles. The summed E-state index contributed by atoms with van der Waals surface area (Å²) >= 11 is 0. The summed E-state index contributed by atoms with van der Waals surface area (Å²) in [5, 5.41) is 17.9. The van der Waals surface area contributed by atoms with Gasteiger partial charge in [-0.2, -0.15) is 5.26 Å². The highest BCUT2D eigenvalue weighted by Gasteiger charge is 2.07. The molecule has 0 unspecified atom stereocenters. The number of benzene rings is 1. The van der Waals surface area contributed by atoms with E-state index in [4.69, 9.17) is 5.26 Å². The van der Waals surface area contributed by atoms with Gasteiger partial charge < -0.3 is 5.11 Å². The minimum atomic E-state index is -0.401. The van der Waals surface area contributed by atoms with Crippen molar-refractivity contribution in [2.45, 2.75) is 19.6 Å². The van der Waals surface area contributed by atoms with Gasteiger partial charge in [-0.25, -0.2) is 0 Å². The third kappa shape index (κ3) is 4.59. The number of nitriles is 1. The molecule has 0 spiro atoms. The van der Waals surface area contributed by atoms with Gasteiger partial charge in [-0.1, -0.05) is 30.3 Å². The Morgan fingerprint density at radius 1 is 1.40 bits per heavy atom. The van der Waals surface area contributed by atoms with Crippen molar-refractivity contribution in [3.8, 4) is 6.07 Å². The predicted molar refractivity (Wildman–Crippen MR) is 59.0 cm³/mol. The van der Waals surface area contributed by atoms with Gasteiger partial charge in [-0.15, -0.1) is 0 Å². The number of nitrogens with zero attached hydrogens (tertiary/aromatic N) is 2. The van der Waals surface area contributed by atoms with Gasteiger partial charge >= 0.3 is 0 Å². The Labute approximate surface area is 90.6 Å². The molecule has 0 fully saturated rings. The van der Waals surface area contributed by atoms with Gasteiger partial charge in [0.1, 0.15) is 0 Å². The molecule has 1 aromatic rings. The van der Waals surface area contributed by atoms with Gasteiger partial charge in [-0.05, 0) is 12.5 Å². The van der Waals surface area contributed by atoms with Crippen LogP contribution in [0.2, 0.25) is 0 Å². The molecule has 3 heteroatoms. The highest BCUT2D eigenvalue weighted by molar-refractivity contribution is 5.14. The fourth-order valence-corrected chi connectivity index (χ4v) is 1.50. The van der Waals surface area contributed by atoms with Crippen LogP contribution < -0.4 is 0 Å². The quantitative estimate of drug-likeness (QED) is 0.737. The smallest absolute Gasteiger partial charge is 0.0869 e. The van der Waals surface area contributed by atoms with Crippen LogP contribution >= 0.6 is 0 Å². The van der Waals surface area contributed by atoms with E-state index in [0.29, 0.717) is 19.6 Å². The minimum Gasteiger partial charge on any atom is -0.392 e. The molecule has 0 aliphatic heterocycles. The fourth-order valence-electron chi connectivity index (χ4n) is 1.50. The van der Waals surface area contributed by atoms with Crippen molar-refractivity contribution >= 4 is 0 Å². The fraction of sp³-hybridized carbons (Fsp3) is 0.417. The van der Waals surface area contributed by atoms with Crippen molar-refractivity contribution in [3.63, 3.8) is 0 Å². The van der Waals surface area contributed by atoms with Crippen LogP contribution in [0.3, 0.4) is 0 Å². The largest absolute Gasteiger partial charge is 0.392 e. The number of hydrogen-bond donors (Lipinski definition) is 1. The SMILES string of the molecule is C[C@H](O)CN(CC#N)Cc1ccccc1. The second-order valence-electron chi connectivity index (χ2n) is 3.66. The van der Waals surface area contributed by atoms with Gasteiger partial charge in [0.15, 0.2) is 0 Å². The second kappa shape index (κ2) is 6.18. The van der Waals surface area contributed by atoms with Crippen LogP contribution in [0.4, 0.5) is 0 Å². The normalized spacial score (nSPS) is 12.4. The lowest BCUT2D eigenvalue weighted by molar-refractivity contribution is 0.131. The molecule has 3 nitrogen and oxygen atoms in total. The van der Waals surface area contributed by atoms with Crippen molar-refractivity contribution < 1.29 is 5.11 Å². The van der Waals surface area contributed by atoms with Crippen LogP contribution in [0, 0.1) is 11.3 Å². The average Bonchev–Trinajstić information content (AvgIpc) is 2.18. The van der Waals surface area contributed by atoms with Crippen molar-refractivity contribution in [2.75, 3.05) is 13.1 Å². The third-order valence-electron chi connectivity index (χ3n) is 2.07. The van der Waals surface area contributed by atoms with E-state index >= 15 is 0 Å². The predicted octanol–water partition coefficient (Wildman–Crippen LogP) is 1.39. The summed E-state index contributed by atoms with van der Waals surface area (Å²) < 4.78 is 0. The van der Waals surface area contributed by atoms with Crippen molar-refractivity contribution in [1.82, 2.24) is 4.90 Å². The molecule has 0 saturated heterocycles. The topological polar surface area (TPSA) is 47.3 Å². The maximum Gasteiger partial charge on any atom is 0.0869 e. The van der Waals surface area contributed by atoms with Gasteiger partial charge in [0.2, 0.25) is 0 Å². The van der Waals surface area contributed by atoms with E-state index in [1.54, 1.807) is 6.92 Å². The van der Waals surface area contributed by atoms with Gasteiger partial charge in [-0.3, -0.25) is 4.90 Å². The number of hydrogen-bond acceptors (Lipinski definition) is 3. The van der Waals surface area contributed by atoms with Crippen molar-refractivity contribution in [3.05, 3.63) is 35.9 Å². The van der Waals surface area contributed by atoms with E-state index in [2.05, 4.69) is 6.07 Å². The summed E-state index contributed by atoms with van der Waals surface area (Å²) in [5.74, 6) is 0. The molecular formula is C12H16N2O. The Bertz CT molecular complexity index is 316. The van der Waals surface area contributed by atoms with Crippen LogP contribution in [0.25, 0.3) is 0 Å². The standard InChI is InChI=1S/C12H16N2O/c1-11(15)9-14(8-7-13)10-12-5-3-2-4-6-12/h2-6,11,15H,8-10H2,1H3/t11-/m0/s1. The Morgan fingerprint density at radius 2 is 2.07 bits per heavy atom.